The van der Waals surface area contributed by atoms with Crippen LogP contribution in [0, 0.1) is 16.7 Å². The van der Waals surface area contributed by atoms with Crippen molar-refractivity contribution in [3.8, 4) is 6.07 Å². The second kappa shape index (κ2) is 6.78. The number of ether oxygens (including phenoxy) is 1. The summed E-state index contributed by atoms with van der Waals surface area (Å²) < 4.78 is 5.96. The van der Waals surface area contributed by atoms with Crippen molar-refractivity contribution in [3.63, 3.8) is 0 Å². The zero-order chi connectivity index (χ0) is 17.3. The second-order valence-corrected chi connectivity index (χ2v) is 7.54. The number of rotatable bonds is 3. The molecule has 1 aromatic carbocycles. The molecule has 2 heterocycles. The van der Waals surface area contributed by atoms with Gasteiger partial charge in [0.15, 0.2) is 0 Å². The number of morpholine rings is 1. The van der Waals surface area contributed by atoms with Crippen molar-refractivity contribution in [3.05, 3.63) is 35.9 Å². The average molecular weight is 339 g/mol. The Balaban J connectivity index is 1.47. The molecule has 4 rings (SSSR count). The molecule has 1 aliphatic carbocycles. The number of nitriles is 1. The molecule has 5 nitrogen and oxygen atoms in total. The molecule has 2 saturated heterocycles. The normalized spacial score (nSPS) is 28.5. The average Bonchev–Trinajstić information content (AvgIpc) is 3.30. The zero-order valence-electron chi connectivity index (χ0n) is 14.6. The number of nitrogens with zero attached hydrogens (tertiary/aromatic N) is 3. The van der Waals surface area contributed by atoms with Gasteiger partial charge in [0.2, 0.25) is 5.91 Å². The Kier molecular flexibility index (Phi) is 4.49. The fraction of sp³-hybridized carbons (Fsp3) is 0.600. The van der Waals surface area contributed by atoms with Crippen LogP contribution in [0.1, 0.15) is 31.2 Å². The van der Waals surface area contributed by atoms with E-state index in [1.807, 2.05) is 11.0 Å². The predicted octanol–water partition coefficient (Wildman–Crippen LogP) is 2.18. The van der Waals surface area contributed by atoms with Gasteiger partial charge in [-0.1, -0.05) is 43.2 Å². The van der Waals surface area contributed by atoms with Crippen LogP contribution in [-0.4, -0.2) is 54.1 Å². The Bertz CT molecular complexity index is 663. The SMILES string of the molecule is N#CC1(C(=O)N2C[C@@H]3OCCN(Cc4ccccc4)[C@@H]3C2)CCCC1. The maximum atomic E-state index is 13.0. The van der Waals surface area contributed by atoms with Crippen LogP contribution in [0.2, 0.25) is 0 Å². The van der Waals surface area contributed by atoms with Crippen LogP contribution in [0.25, 0.3) is 0 Å². The summed E-state index contributed by atoms with van der Waals surface area (Å²) in [4.78, 5) is 17.4. The van der Waals surface area contributed by atoms with E-state index in [9.17, 15) is 10.1 Å². The summed E-state index contributed by atoms with van der Waals surface area (Å²) in [6.45, 7) is 3.79. The number of hydrogen-bond acceptors (Lipinski definition) is 4. The van der Waals surface area contributed by atoms with Gasteiger partial charge in [-0.05, 0) is 18.4 Å². The van der Waals surface area contributed by atoms with E-state index in [2.05, 4.69) is 35.2 Å². The van der Waals surface area contributed by atoms with Gasteiger partial charge in [-0.3, -0.25) is 9.69 Å². The van der Waals surface area contributed by atoms with Gasteiger partial charge in [0.25, 0.3) is 0 Å². The highest BCUT2D eigenvalue weighted by Crippen LogP contribution is 2.40. The minimum Gasteiger partial charge on any atom is -0.373 e. The van der Waals surface area contributed by atoms with Gasteiger partial charge in [-0.15, -0.1) is 0 Å². The van der Waals surface area contributed by atoms with Crippen molar-refractivity contribution >= 4 is 5.91 Å². The van der Waals surface area contributed by atoms with Crippen LogP contribution < -0.4 is 0 Å². The Morgan fingerprint density at radius 2 is 2.00 bits per heavy atom. The molecule has 0 bridgehead atoms. The first kappa shape index (κ1) is 16.6. The summed E-state index contributed by atoms with van der Waals surface area (Å²) in [6.07, 6.45) is 3.46. The third kappa shape index (κ3) is 3.05. The van der Waals surface area contributed by atoms with E-state index in [1.54, 1.807) is 0 Å². The quantitative estimate of drug-likeness (QED) is 0.847. The number of amides is 1. The van der Waals surface area contributed by atoms with E-state index < -0.39 is 5.41 Å². The first-order chi connectivity index (χ1) is 12.2. The highest BCUT2D eigenvalue weighted by atomic mass is 16.5. The minimum absolute atomic E-state index is 0.0326. The Labute approximate surface area is 149 Å². The van der Waals surface area contributed by atoms with Crippen LogP contribution in [0.5, 0.6) is 0 Å². The van der Waals surface area contributed by atoms with E-state index in [-0.39, 0.29) is 18.1 Å². The van der Waals surface area contributed by atoms with Gasteiger partial charge < -0.3 is 9.64 Å². The lowest BCUT2D eigenvalue weighted by Crippen LogP contribution is -2.50. The van der Waals surface area contributed by atoms with Gasteiger partial charge in [-0.2, -0.15) is 5.26 Å². The molecule has 0 aromatic heterocycles. The molecule has 0 spiro atoms. The maximum absolute atomic E-state index is 13.0. The van der Waals surface area contributed by atoms with Crippen molar-refractivity contribution in [1.29, 1.82) is 5.26 Å². The van der Waals surface area contributed by atoms with Crippen molar-refractivity contribution in [2.24, 2.45) is 5.41 Å². The van der Waals surface area contributed by atoms with Crippen LogP contribution in [-0.2, 0) is 16.1 Å². The van der Waals surface area contributed by atoms with Crippen molar-refractivity contribution in [2.45, 2.75) is 44.4 Å². The van der Waals surface area contributed by atoms with Gasteiger partial charge >= 0.3 is 0 Å². The van der Waals surface area contributed by atoms with Gasteiger partial charge in [0, 0.05) is 26.2 Å². The molecular formula is C20H25N3O2. The summed E-state index contributed by atoms with van der Waals surface area (Å²) in [5.41, 5.74) is 0.509. The number of carbonyl (C=O) groups is 1. The maximum Gasteiger partial charge on any atom is 0.243 e. The molecule has 2 atom stereocenters. The number of carbonyl (C=O) groups excluding carboxylic acids is 1. The fourth-order valence-electron chi connectivity index (χ4n) is 4.59. The van der Waals surface area contributed by atoms with Gasteiger partial charge in [0.05, 0.1) is 24.8 Å². The molecule has 1 aromatic rings. The predicted molar refractivity (Wildman–Crippen MR) is 93.5 cm³/mol. The van der Waals surface area contributed by atoms with Gasteiger partial charge in [-0.25, -0.2) is 0 Å². The van der Waals surface area contributed by atoms with Crippen LogP contribution >= 0.6 is 0 Å². The Morgan fingerprint density at radius 3 is 2.72 bits per heavy atom. The smallest absolute Gasteiger partial charge is 0.243 e. The molecule has 2 aliphatic heterocycles. The summed E-state index contributed by atoms with van der Waals surface area (Å²) in [5.74, 6) is 0.0326. The van der Waals surface area contributed by atoms with E-state index in [4.69, 9.17) is 4.74 Å². The highest BCUT2D eigenvalue weighted by molar-refractivity contribution is 5.86. The summed E-state index contributed by atoms with van der Waals surface area (Å²) in [5, 5.41) is 9.61. The van der Waals surface area contributed by atoms with E-state index in [0.717, 1.165) is 25.9 Å². The molecular weight excluding hydrogens is 314 g/mol. The van der Waals surface area contributed by atoms with Crippen molar-refractivity contribution in [2.75, 3.05) is 26.2 Å². The Morgan fingerprint density at radius 1 is 1.24 bits per heavy atom. The first-order valence-corrected chi connectivity index (χ1v) is 9.32. The lowest BCUT2D eigenvalue weighted by atomic mass is 9.86. The molecule has 0 radical (unpaired) electrons. The lowest BCUT2D eigenvalue weighted by molar-refractivity contribution is -0.138. The molecule has 5 heteroatoms. The van der Waals surface area contributed by atoms with E-state index in [1.165, 1.54) is 5.56 Å². The van der Waals surface area contributed by atoms with Crippen molar-refractivity contribution in [1.82, 2.24) is 9.80 Å². The zero-order valence-corrected chi connectivity index (χ0v) is 14.6. The molecule has 25 heavy (non-hydrogen) atoms. The monoisotopic (exact) mass is 339 g/mol. The van der Waals surface area contributed by atoms with E-state index >= 15 is 0 Å². The molecule has 1 saturated carbocycles. The molecule has 0 unspecified atom stereocenters. The minimum atomic E-state index is -0.780. The number of hydrogen-bond donors (Lipinski definition) is 0. The topological polar surface area (TPSA) is 56.6 Å². The Hall–Kier alpha value is -1.90. The summed E-state index contributed by atoms with van der Waals surface area (Å²) in [6, 6.07) is 13.0. The number of benzene rings is 1. The number of likely N-dealkylation sites (tertiary alicyclic amines) is 1. The second-order valence-electron chi connectivity index (χ2n) is 7.54. The van der Waals surface area contributed by atoms with E-state index in [0.29, 0.717) is 32.5 Å². The molecule has 3 fully saturated rings. The van der Waals surface area contributed by atoms with Crippen LogP contribution in [0.3, 0.4) is 0 Å². The molecule has 0 N–H and O–H groups in total. The molecule has 1 amide bonds. The lowest BCUT2D eigenvalue weighted by Gasteiger charge is -2.36. The third-order valence-corrected chi connectivity index (χ3v) is 6.01. The largest absolute Gasteiger partial charge is 0.373 e. The number of fused-ring (bicyclic) bond motifs is 1. The standard InChI is InChI=1S/C20H25N3O2/c21-15-20(8-4-5-9-20)19(24)23-13-17-18(14-23)25-11-10-22(17)12-16-6-2-1-3-7-16/h1-3,6-7,17-18H,4-5,8-14H2/t17-,18+/m1/s1. The summed E-state index contributed by atoms with van der Waals surface area (Å²) in [7, 11) is 0. The van der Waals surface area contributed by atoms with Crippen LogP contribution in [0.15, 0.2) is 30.3 Å². The third-order valence-electron chi connectivity index (χ3n) is 6.01. The molecule has 3 aliphatic rings. The highest BCUT2D eigenvalue weighted by Gasteiger charge is 2.49. The van der Waals surface area contributed by atoms with Crippen molar-refractivity contribution < 1.29 is 9.53 Å². The van der Waals surface area contributed by atoms with Crippen LogP contribution in [0.4, 0.5) is 0 Å². The summed E-state index contributed by atoms with van der Waals surface area (Å²) >= 11 is 0. The van der Waals surface area contributed by atoms with Gasteiger partial charge in [0.1, 0.15) is 5.41 Å². The molecule has 132 valence electrons. The first-order valence-electron chi connectivity index (χ1n) is 9.32. The fourth-order valence-corrected chi connectivity index (χ4v) is 4.59.